The molecule has 2 bridgehead atoms. The van der Waals surface area contributed by atoms with E-state index in [0.29, 0.717) is 17.7 Å². The Morgan fingerprint density at radius 2 is 2.28 bits per heavy atom. The van der Waals surface area contributed by atoms with Crippen molar-refractivity contribution in [3.05, 3.63) is 42.5 Å². The summed E-state index contributed by atoms with van der Waals surface area (Å²) in [6.45, 7) is 6.00. The second-order valence-electron chi connectivity index (χ2n) is 7.21. The number of nitrogens with two attached hydrogens (primary N) is 1. The molecule has 132 valence electrons. The molecule has 4 heterocycles. The Morgan fingerprint density at radius 1 is 1.44 bits per heavy atom. The van der Waals surface area contributed by atoms with Gasteiger partial charge in [0.15, 0.2) is 0 Å². The van der Waals surface area contributed by atoms with Crippen LogP contribution in [0.4, 0.5) is 5.82 Å². The summed E-state index contributed by atoms with van der Waals surface area (Å²) < 4.78 is 5.35. The maximum Gasteiger partial charge on any atom is 0.124 e. The van der Waals surface area contributed by atoms with Gasteiger partial charge in [0.2, 0.25) is 0 Å². The predicted molar refractivity (Wildman–Crippen MR) is 99.4 cm³/mol. The summed E-state index contributed by atoms with van der Waals surface area (Å²) in [5.74, 6) is 2.34. The summed E-state index contributed by atoms with van der Waals surface area (Å²) in [6, 6.07) is 7.61. The third kappa shape index (κ3) is 2.77. The van der Waals surface area contributed by atoms with Crippen LogP contribution in [-0.4, -0.2) is 41.2 Å². The van der Waals surface area contributed by atoms with Gasteiger partial charge in [-0.3, -0.25) is 4.90 Å². The van der Waals surface area contributed by atoms with Crippen molar-refractivity contribution in [2.45, 2.75) is 25.0 Å². The average Bonchev–Trinajstić information content (AvgIpc) is 2.66. The van der Waals surface area contributed by atoms with Crippen molar-refractivity contribution in [2.75, 3.05) is 25.9 Å². The van der Waals surface area contributed by atoms with E-state index in [-0.39, 0.29) is 6.04 Å². The minimum absolute atomic E-state index is 0.117. The molecule has 5 nitrogen and oxygen atoms in total. The van der Waals surface area contributed by atoms with Gasteiger partial charge in [0, 0.05) is 18.0 Å². The lowest BCUT2D eigenvalue weighted by Crippen LogP contribution is -2.54. The van der Waals surface area contributed by atoms with Gasteiger partial charge in [-0.1, -0.05) is 6.08 Å². The van der Waals surface area contributed by atoms with Crippen LogP contribution in [0.3, 0.4) is 0 Å². The molecule has 3 aliphatic heterocycles. The molecule has 0 amide bonds. The molecule has 5 atom stereocenters. The van der Waals surface area contributed by atoms with E-state index in [1.165, 1.54) is 6.42 Å². The first-order chi connectivity index (χ1) is 12.1. The van der Waals surface area contributed by atoms with Crippen LogP contribution in [0, 0.1) is 11.8 Å². The Balaban J connectivity index is 1.73. The minimum Gasteiger partial charge on any atom is -0.497 e. The van der Waals surface area contributed by atoms with Crippen molar-refractivity contribution in [1.29, 1.82) is 0 Å². The molecule has 0 radical (unpaired) electrons. The number of nitrogens with zero attached hydrogens (tertiary/aromatic N) is 2. The number of aliphatic hydroxyl groups is 1. The number of piperidine rings is 3. The van der Waals surface area contributed by atoms with Crippen molar-refractivity contribution < 1.29 is 9.84 Å². The SMILES string of the molecule is C=C[C@H]1CN2CC[C@@H]1C[C@H]2[C@H](O)c1cc(N)nc2ccc(OC)cc12. The summed E-state index contributed by atoms with van der Waals surface area (Å²) in [4.78, 5) is 6.80. The smallest absolute Gasteiger partial charge is 0.124 e. The van der Waals surface area contributed by atoms with Gasteiger partial charge in [-0.05, 0) is 61.1 Å². The van der Waals surface area contributed by atoms with Crippen molar-refractivity contribution in [3.8, 4) is 5.75 Å². The summed E-state index contributed by atoms with van der Waals surface area (Å²) in [5, 5.41) is 12.1. The maximum atomic E-state index is 11.2. The number of aliphatic hydroxyl groups excluding tert-OH is 1. The van der Waals surface area contributed by atoms with Gasteiger partial charge in [0.1, 0.15) is 11.6 Å². The number of methoxy groups -OCH3 is 1. The van der Waals surface area contributed by atoms with Gasteiger partial charge < -0.3 is 15.6 Å². The molecule has 2 aromatic rings. The third-order valence-corrected chi connectivity index (χ3v) is 5.90. The number of nitrogen functional groups attached to an aromatic ring is 1. The fourth-order valence-corrected chi connectivity index (χ4v) is 4.54. The Labute approximate surface area is 148 Å². The normalized spacial score (nSPS) is 29.5. The third-order valence-electron chi connectivity index (χ3n) is 5.90. The fraction of sp³-hybridized carbons (Fsp3) is 0.450. The Kier molecular flexibility index (Phi) is 4.13. The number of anilines is 1. The summed E-state index contributed by atoms with van der Waals surface area (Å²) in [7, 11) is 1.64. The van der Waals surface area contributed by atoms with E-state index in [4.69, 9.17) is 10.5 Å². The highest BCUT2D eigenvalue weighted by molar-refractivity contribution is 5.85. The van der Waals surface area contributed by atoms with Crippen LogP contribution >= 0.6 is 0 Å². The van der Waals surface area contributed by atoms with E-state index in [1.807, 2.05) is 18.2 Å². The first-order valence-electron chi connectivity index (χ1n) is 8.89. The van der Waals surface area contributed by atoms with Crippen LogP contribution in [0.1, 0.15) is 24.5 Å². The molecule has 0 saturated carbocycles. The number of hydrogen-bond acceptors (Lipinski definition) is 5. The van der Waals surface area contributed by atoms with Crippen LogP contribution < -0.4 is 10.5 Å². The van der Waals surface area contributed by atoms with E-state index in [1.54, 1.807) is 13.2 Å². The van der Waals surface area contributed by atoms with Crippen LogP contribution in [0.5, 0.6) is 5.75 Å². The van der Waals surface area contributed by atoms with E-state index in [2.05, 4.69) is 22.5 Å². The number of rotatable bonds is 4. The first kappa shape index (κ1) is 16.4. The predicted octanol–water partition coefficient (Wildman–Crippen LogP) is 2.76. The van der Waals surface area contributed by atoms with Crippen LogP contribution in [0.25, 0.3) is 10.9 Å². The van der Waals surface area contributed by atoms with E-state index in [0.717, 1.165) is 41.7 Å². The van der Waals surface area contributed by atoms with E-state index < -0.39 is 6.10 Å². The molecule has 1 unspecified atom stereocenters. The van der Waals surface area contributed by atoms with Crippen LogP contribution in [0.15, 0.2) is 36.9 Å². The van der Waals surface area contributed by atoms with Crippen molar-refractivity contribution in [3.63, 3.8) is 0 Å². The van der Waals surface area contributed by atoms with Crippen molar-refractivity contribution in [2.24, 2.45) is 11.8 Å². The number of aromatic nitrogens is 1. The second-order valence-corrected chi connectivity index (χ2v) is 7.21. The van der Waals surface area contributed by atoms with Crippen LogP contribution in [-0.2, 0) is 0 Å². The standard InChI is InChI=1S/C20H25N3O2/c1-3-12-11-23-7-6-13(12)8-18(23)20(24)16-10-19(21)22-17-5-4-14(25-2)9-15(16)17/h3-5,9-10,12-13,18,20,24H,1,6-8,11H2,2H3,(H2,21,22)/t12-,13+,18-,20+/m0/s1. The van der Waals surface area contributed by atoms with Gasteiger partial charge in [0.25, 0.3) is 0 Å². The molecular formula is C20H25N3O2. The molecule has 0 spiro atoms. The highest BCUT2D eigenvalue weighted by Gasteiger charge is 2.42. The summed E-state index contributed by atoms with van der Waals surface area (Å²) in [6.07, 6.45) is 3.66. The van der Waals surface area contributed by atoms with Crippen LogP contribution in [0.2, 0.25) is 0 Å². The largest absolute Gasteiger partial charge is 0.497 e. The number of fused-ring (bicyclic) bond motifs is 4. The molecule has 5 heteroatoms. The zero-order valence-corrected chi connectivity index (χ0v) is 14.6. The molecule has 3 fully saturated rings. The topological polar surface area (TPSA) is 71.6 Å². The first-order valence-corrected chi connectivity index (χ1v) is 8.89. The summed E-state index contributed by atoms with van der Waals surface area (Å²) in [5.41, 5.74) is 7.63. The molecule has 25 heavy (non-hydrogen) atoms. The fourth-order valence-electron chi connectivity index (χ4n) is 4.54. The Hall–Kier alpha value is -2.11. The molecule has 0 aliphatic carbocycles. The van der Waals surface area contributed by atoms with Gasteiger partial charge in [-0.2, -0.15) is 0 Å². The molecule has 1 aromatic carbocycles. The maximum absolute atomic E-state index is 11.2. The monoisotopic (exact) mass is 339 g/mol. The summed E-state index contributed by atoms with van der Waals surface area (Å²) >= 11 is 0. The Bertz CT molecular complexity index is 807. The van der Waals surface area contributed by atoms with Gasteiger partial charge in [-0.15, -0.1) is 6.58 Å². The van der Waals surface area contributed by atoms with Gasteiger partial charge in [-0.25, -0.2) is 4.98 Å². The van der Waals surface area contributed by atoms with Crippen molar-refractivity contribution in [1.82, 2.24) is 9.88 Å². The number of ether oxygens (including phenoxy) is 1. The van der Waals surface area contributed by atoms with Gasteiger partial charge in [0.05, 0.1) is 18.7 Å². The molecule has 5 rings (SSSR count). The molecule has 1 aromatic heterocycles. The number of hydrogen-bond donors (Lipinski definition) is 2. The van der Waals surface area contributed by atoms with Gasteiger partial charge >= 0.3 is 0 Å². The van der Waals surface area contributed by atoms with E-state index in [9.17, 15) is 5.11 Å². The minimum atomic E-state index is -0.589. The lowest BCUT2D eigenvalue weighted by Gasteiger charge is -2.50. The quantitative estimate of drug-likeness (QED) is 0.838. The molecule has 3 N–H and O–H groups in total. The zero-order valence-electron chi connectivity index (χ0n) is 14.6. The number of benzene rings is 1. The molecule has 3 saturated heterocycles. The highest BCUT2D eigenvalue weighted by Crippen LogP contribution is 2.42. The molecular weight excluding hydrogens is 314 g/mol. The van der Waals surface area contributed by atoms with Crippen molar-refractivity contribution >= 4 is 16.7 Å². The second kappa shape index (κ2) is 6.32. The number of pyridine rings is 1. The highest BCUT2D eigenvalue weighted by atomic mass is 16.5. The lowest BCUT2D eigenvalue weighted by atomic mass is 9.73. The molecule has 3 aliphatic rings. The average molecular weight is 339 g/mol. The van der Waals surface area contributed by atoms with E-state index >= 15 is 0 Å². The Morgan fingerprint density at radius 3 is 2.96 bits per heavy atom. The zero-order chi connectivity index (χ0) is 17.6. The lowest BCUT2D eigenvalue weighted by molar-refractivity contribution is -0.0444.